The van der Waals surface area contributed by atoms with E-state index in [1.165, 1.54) is 47.0 Å². The summed E-state index contributed by atoms with van der Waals surface area (Å²) in [5.41, 5.74) is 4.25. The molecule has 0 bridgehead atoms. The minimum Gasteiger partial charge on any atom is -0.406 e. The maximum Gasteiger partial charge on any atom is 0.573 e. The van der Waals surface area contributed by atoms with E-state index in [-0.39, 0.29) is 23.3 Å². The third kappa shape index (κ3) is 7.69. The number of amides is 2. The SMILES string of the molecule is CCc1ccccc1N1C(=O)CSC1=NC(=O)CCCCc1ccc(-c2ncn(-c3ccc(OC(F)(F)F)cc3)n2)cc1. The molecule has 8 nitrogen and oxygen atoms in total. The van der Waals surface area contributed by atoms with Crippen LogP contribution < -0.4 is 9.64 Å². The van der Waals surface area contributed by atoms with Gasteiger partial charge in [-0.15, -0.1) is 18.3 Å². The van der Waals surface area contributed by atoms with Crippen molar-refractivity contribution in [2.45, 2.75) is 45.4 Å². The molecular weight excluding hydrogens is 579 g/mol. The molecule has 3 aromatic carbocycles. The largest absolute Gasteiger partial charge is 0.573 e. The van der Waals surface area contributed by atoms with Crippen molar-refractivity contribution in [3.05, 3.63) is 90.3 Å². The number of aromatic nitrogens is 3. The Labute approximate surface area is 250 Å². The maximum absolute atomic E-state index is 12.6. The lowest BCUT2D eigenvalue weighted by atomic mass is 10.0. The molecule has 0 aliphatic carbocycles. The molecule has 0 saturated carbocycles. The molecule has 0 N–H and O–H groups in total. The van der Waals surface area contributed by atoms with Gasteiger partial charge in [-0.25, -0.2) is 9.67 Å². The first kappa shape index (κ1) is 30.0. The van der Waals surface area contributed by atoms with E-state index >= 15 is 0 Å². The summed E-state index contributed by atoms with van der Waals surface area (Å²) in [4.78, 5) is 35.3. The number of ether oxygens (including phenoxy) is 1. The zero-order chi connectivity index (χ0) is 30.4. The van der Waals surface area contributed by atoms with Gasteiger partial charge in [-0.1, -0.05) is 61.2 Å². The highest BCUT2D eigenvalue weighted by molar-refractivity contribution is 8.15. The Morgan fingerprint density at radius 1 is 1.02 bits per heavy atom. The number of hydrogen-bond donors (Lipinski definition) is 0. The van der Waals surface area contributed by atoms with E-state index < -0.39 is 6.36 Å². The fourth-order valence-corrected chi connectivity index (χ4v) is 5.50. The number of thioether (sulfide) groups is 1. The summed E-state index contributed by atoms with van der Waals surface area (Å²) >= 11 is 1.29. The number of anilines is 1. The maximum atomic E-state index is 12.6. The number of alkyl halides is 3. The van der Waals surface area contributed by atoms with Crippen molar-refractivity contribution in [1.82, 2.24) is 14.8 Å². The molecule has 2 amide bonds. The first-order valence-corrected chi connectivity index (χ1v) is 14.7. The zero-order valence-corrected chi connectivity index (χ0v) is 24.1. The van der Waals surface area contributed by atoms with Crippen molar-refractivity contribution in [3.8, 4) is 22.8 Å². The molecule has 222 valence electrons. The van der Waals surface area contributed by atoms with E-state index in [9.17, 15) is 22.8 Å². The number of unbranched alkanes of at least 4 members (excludes halogenated alkanes) is 1. The number of rotatable bonds is 10. The Hall–Kier alpha value is -4.45. The van der Waals surface area contributed by atoms with E-state index in [4.69, 9.17) is 0 Å². The third-order valence-electron chi connectivity index (χ3n) is 6.74. The van der Waals surface area contributed by atoms with Crippen LogP contribution in [0.2, 0.25) is 0 Å². The van der Waals surface area contributed by atoms with Crippen LogP contribution in [0.15, 0.2) is 84.1 Å². The third-order valence-corrected chi connectivity index (χ3v) is 7.67. The van der Waals surface area contributed by atoms with Crippen LogP contribution in [0.3, 0.4) is 0 Å². The molecule has 12 heteroatoms. The number of halogens is 3. The van der Waals surface area contributed by atoms with Gasteiger partial charge in [0.25, 0.3) is 0 Å². The van der Waals surface area contributed by atoms with Crippen LogP contribution >= 0.6 is 11.8 Å². The van der Waals surface area contributed by atoms with Crippen molar-refractivity contribution < 1.29 is 27.5 Å². The first-order chi connectivity index (χ1) is 20.7. The molecule has 43 heavy (non-hydrogen) atoms. The van der Waals surface area contributed by atoms with Gasteiger partial charge >= 0.3 is 6.36 Å². The van der Waals surface area contributed by atoms with E-state index in [0.717, 1.165) is 41.6 Å². The average Bonchev–Trinajstić information content (AvgIpc) is 3.62. The number of para-hydroxylation sites is 1. The normalized spacial score (nSPS) is 14.5. The number of aryl methyl sites for hydroxylation is 2. The van der Waals surface area contributed by atoms with E-state index in [1.54, 1.807) is 4.90 Å². The highest BCUT2D eigenvalue weighted by Gasteiger charge is 2.32. The zero-order valence-electron chi connectivity index (χ0n) is 23.3. The van der Waals surface area contributed by atoms with Crippen LogP contribution in [-0.2, 0) is 22.4 Å². The van der Waals surface area contributed by atoms with Crippen molar-refractivity contribution in [3.63, 3.8) is 0 Å². The number of aliphatic imine (C=N–C) groups is 1. The monoisotopic (exact) mass is 607 g/mol. The molecule has 1 aliphatic heterocycles. The Balaban J connectivity index is 1.12. The highest BCUT2D eigenvalue weighted by Crippen LogP contribution is 2.30. The van der Waals surface area contributed by atoms with Crippen LogP contribution in [0.5, 0.6) is 5.75 Å². The van der Waals surface area contributed by atoms with E-state index in [2.05, 4.69) is 19.8 Å². The quantitative estimate of drug-likeness (QED) is 0.185. The van der Waals surface area contributed by atoms with Crippen molar-refractivity contribution in [2.24, 2.45) is 4.99 Å². The van der Waals surface area contributed by atoms with Crippen LogP contribution in [0.1, 0.15) is 37.3 Å². The molecule has 5 rings (SSSR count). The van der Waals surface area contributed by atoms with Crippen molar-refractivity contribution in [2.75, 3.05) is 10.7 Å². The predicted molar refractivity (Wildman–Crippen MR) is 159 cm³/mol. The Bertz CT molecular complexity index is 1620. The molecule has 1 aromatic heterocycles. The van der Waals surface area contributed by atoms with Crippen molar-refractivity contribution in [1.29, 1.82) is 0 Å². The van der Waals surface area contributed by atoms with Crippen LogP contribution in [0.4, 0.5) is 18.9 Å². The number of carbonyl (C=O) groups excluding carboxylic acids is 2. The summed E-state index contributed by atoms with van der Waals surface area (Å²) in [5.74, 6) is 0.122. The fraction of sp³-hybridized carbons (Fsp3) is 0.258. The second-order valence-corrected chi connectivity index (χ2v) is 10.7. The molecule has 4 aromatic rings. The Morgan fingerprint density at radius 3 is 2.49 bits per heavy atom. The minimum absolute atomic E-state index is 0.0727. The number of carbonyl (C=O) groups is 2. The topological polar surface area (TPSA) is 89.7 Å². The van der Waals surface area contributed by atoms with Gasteiger partial charge in [0, 0.05) is 12.0 Å². The van der Waals surface area contributed by atoms with Crippen LogP contribution in [-0.4, -0.2) is 43.9 Å². The molecule has 0 radical (unpaired) electrons. The molecule has 0 spiro atoms. The average molecular weight is 608 g/mol. The summed E-state index contributed by atoms with van der Waals surface area (Å²) in [6.45, 7) is 2.03. The van der Waals surface area contributed by atoms with Gasteiger partial charge in [0.15, 0.2) is 11.0 Å². The Morgan fingerprint density at radius 2 is 1.77 bits per heavy atom. The summed E-state index contributed by atoms with van der Waals surface area (Å²) in [5, 5.41) is 4.87. The molecular formula is C31H28F3N5O3S. The second-order valence-electron chi connectivity index (χ2n) is 9.75. The summed E-state index contributed by atoms with van der Waals surface area (Å²) in [6.07, 6.45) is 0.0539. The summed E-state index contributed by atoms with van der Waals surface area (Å²) in [7, 11) is 0. The number of benzene rings is 3. The summed E-state index contributed by atoms with van der Waals surface area (Å²) in [6, 6.07) is 20.8. The molecule has 2 heterocycles. The van der Waals surface area contributed by atoms with Gasteiger partial charge in [-0.2, -0.15) is 4.99 Å². The lowest BCUT2D eigenvalue weighted by Crippen LogP contribution is -2.30. The van der Waals surface area contributed by atoms with Crippen LogP contribution in [0, 0.1) is 0 Å². The molecule has 1 aliphatic rings. The van der Waals surface area contributed by atoms with E-state index in [0.29, 0.717) is 29.5 Å². The van der Waals surface area contributed by atoms with Gasteiger partial charge in [-0.3, -0.25) is 14.5 Å². The highest BCUT2D eigenvalue weighted by atomic mass is 32.2. The smallest absolute Gasteiger partial charge is 0.406 e. The number of nitrogens with zero attached hydrogens (tertiary/aromatic N) is 5. The van der Waals surface area contributed by atoms with Gasteiger partial charge in [0.2, 0.25) is 11.8 Å². The molecule has 1 saturated heterocycles. The number of amidine groups is 1. The minimum atomic E-state index is -4.75. The number of hydrogen-bond acceptors (Lipinski definition) is 6. The first-order valence-electron chi connectivity index (χ1n) is 13.7. The molecule has 0 atom stereocenters. The van der Waals surface area contributed by atoms with E-state index in [1.807, 2.05) is 55.5 Å². The lowest BCUT2D eigenvalue weighted by molar-refractivity contribution is -0.274. The van der Waals surface area contributed by atoms with Gasteiger partial charge in [0.1, 0.15) is 12.1 Å². The lowest BCUT2D eigenvalue weighted by Gasteiger charge is -2.19. The van der Waals surface area contributed by atoms with Gasteiger partial charge in [-0.05, 0) is 67.1 Å². The summed E-state index contributed by atoms with van der Waals surface area (Å²) < 4.78 is 42.5. The standard InChI is InChI=1S/C31H28F3N5O3S/c1-2-22-8-4-5-9-26(22)39-28(41)19-43-30(39)36-27(40)10-6-3-7-21-11-13-23(14-12-21)29-35-20-38(37-29)24-15-17-25(18-16-24)42-31(32,33)34/h4-5,8-9,11-18,20H,2-3,6-7,10,19H2,1H3. The predicted octanol–water partition coefficient (Wildman–Crippen LogP) is 6.77. The van der Waals surface area contributed by atoms with Gasteiger partial charge < -0.3 is 4.74 Å². The fourth-order valence-electron chi connectivity index (χ4n) is 4.62. The van der Waals surface area contributed by atoms with Crippen LogP contribution in [0.25, 0.3) is 17.1 Å². The molecule has 1 fully saturated rings. The van der Waals surface area contributed by atoms with Crippen molar-refractivity contribution >= 4 is 34.4 Å². The molecule has 0 unspecified atom stereocenters. The van der Waals surface area contributed by atoms with Gasteiger partial charge in [0.05, 0.1) is 17.1 Å². The second kappa shape index (κ2) is 13.2. The Kier molecular flexibility index (Phi) is 9.24.